The van der Waals surface area contributed by atoms with Gasteiger partial charge in [-0.3, -0.25) is 4.79 Å². The second-order valence-electron chi connectivity index (χ2n) is 4.40. The highest BCUT2D eigenvalue weighted by Gasteiger charge is 2.15. The number of carboxylic acid groups (broad SMARTS) is 1. The Kier molecular flexibility index (Phi) is 4.65. The van der Waals surface area contributed by atoms with Crippen LogP contribution in [0.25, 0.3) is 0 Å². The molecule has 0 radical (unpaired) electrons. The first kappa shape index (κ1) is 14.0. The number of nitrogens with zero attached hydrogens (tertiary/aromatic N) is 5. The van der Waals surface area contributed by atoms with Gasteiger partial charge >= 0.3 is 5.97 Å². The van der Waals surface area contributed by atoms with Crippen LogP contribution in [0, 0.1) is 0 Å². The normalized spacial score (nSPS) is 10.4. The fraction of sp³-hybridized carbons (Fsp3) is 0.385. The van der Waals surface area contributed by atoms with Crippen molar-refractivity contribution in [2.24, 2.45) is 0 Å². The molecule has 2 rings (SSSR count). The Bertz CT molecular complexity index is 555. The molecule has 1 N–H and O–H groups in total. The fourth-order valence-corrected chi connectivity index (χ4v) is 1.93. The Hall–Kier alpha value is -2.44. The number of rotatable bonds is 7. The fourth-order valence-electron chi connectivity index (χ4n) is 1.93. The number of carbonyl (C=O) groups is 1. The number of anilines is 1. The molecule has 7 heteroatoms. The lowest BCUT2D eigenvalue weighted by molar-refractivity contribution is -0.135. The third kappa shape index (κ3) is 3.53. The van der Waals surface area contributed by atoms with Crippen molar-refractivity contribution in [2.75, 3.05) is 11.4 Å². The van der Waals surface area contributed by atoms with Crippen molar-refractivity contribution in [1.29, 1.82) is 0 Å². The van der Waals surface area contributed by atoms with E-state index in [2.05, 4.69) is 15.5 Å². The van der Waals surface area contributed by atoms with Crippen LogP contribution in [0.1, 0.15) is 19.2 Å². The highest BCUT2D eigenvalue weighted by molar-refractivity contribution is 5.73. The summed E-state index contributed by atoms with van der Waals surface area (Å²) in [5.41, 5.74) is 0.834. The van der Waals surface area contributed by atoms with E-state index in [0.717, 1.165) is 18.7 Å². The summed E-state index contributed by atoms with van der Waals surface area (Å²) in [4.78, 5) is 12.8. The molecule has 0 amide bonds. The van der Waals surface area contributed by atoms with Crippen LogP contribution in [0.4, 0.5) is 5.69 Å². The number of benzene rings is 1. The summed E-state index contributed by atoms with van der Waals surface area (Å²) < 4.78 is 1.71. The van der Waals surface area contributed by atoms with Crippen molar-refractivity contribution in [2.45, 2.75) is 26.4 Å². The maximum Gasteiger partial charge on any atom is 0.323 e. The maximum atomic E-state index is 11.0. The van der Waals surface area contributed by atoms with Gasteiger partial charge in [-0.2, -0.15) is 0 Å². The Morgan fingerprint density at radius 2 is 2.10 bits per heavy atom. The van der Waals surface area contributed by atoms with Crippen molar-refractivity contribution in [3.63, 3.8) is 0 Å². The maximum absolute atomic E-state index is 11.0. The summed E-state index contributed by atoms with van der Waals surface area (Å²) >= 11 is 0. The lowest BCUT2D eigenvalue weighted by Gasteiger charge is -2.22. The van der Waals surface area contributed by atoms with Crippen molar-refractivity contribution < 1.29 is 9.90 Å². The first-order valence-electron chi connectivity index (χ1n) is 6.47. The molecule has 0 saturated carbocycles. The number of carboxylic acids is 1. The third-order valence-corrected chi connectivity index (χ3v) is 2.82. The Morgan fingerprint density at radius 3 is 2.75 bits per heavy atom. The molecule has 0 saturated heterocycles. The number of hydrogen-bond acceptors (Lipinski definition) is 5. The summed E-state index contributed by atoms with van der Waals surface area (Å²) in [6, 6.07) is 9.38. The summed E-state index contributed by atoms with van der Waals surface area (Å²) in [7, 11) is 0. The second-order valence-corrected chi connectivity index (χ2v) is 4.40. The summed E-state index contributed by atoms with van der Waals surface area (Å²) in [5.74, 6) is -0.222. The summed E-state index contributed by atoms with van der Waals surface area (Å²) in [5, 5.41) is 20.6. The van der Waals surface area contributed by atoms with Crippen LogP contribution < -0.4 is 4.90 Å². The molecule has 0 bridgehead atoms. The van der Waals surface area contributed by atoms with Gasteiger partial charge in [0.05, 0.1) is 6.54 Å². The molecule has 7 nitrogen and oxygen atoms in total. The van der Waals surface area contributed by atoms with E-state index in [-0.39, 0.29) is 6.54 Å². The summed E-state index contributed by atoms with van der Waals surface area (Å²) in [6.45, 7) is 3.03. The van der Waals surface area contributed by atoms with E-state index in [0.29, 0.717) is 12.4 Å². The predicted octanol–water partition coefficient (Wildman–Crippen LogP) is 1.17. The minimum Gasteiger partial charge on any atom is -0.480 e. The molecule has 0 aliphatic rings. The van der Waals surface area contributed by atoms with Gasteiger partial charge < -0.3 is 10.0 Å². The van der Waals surface area contributed by atoms with Crippen LogP contribution in [0.3, 0.4) is 0 Å². The number of aliphatic carboxylic acids is 1. The van der Waals surface area contributed by atoms with Crippen molar-refractivity contribution in [3.05, 3.63) is 36.2 Å². The van der Waals surface area contributed by atoms with E-state index < -0.39 is 5.97 Å². The molecular weight excluding hydrogens is 258 g/mol. The number of aromatic nitrogens is 4. The number of hydrogen-bond donors (Lipinski definition) is 1. The highest BCUT2D eigenvalue weighted by atomic mass is 16.4. The standard InChI is InChI=1S/C13H17N5O2/c1-2-8-18-12(14-15-16-18)9-17(10-13(19)20)11-6-4-3-5-7-11/h3-7H,2,8-10H2,1H3,(H,19,20). The van der Waals surface area contributed by atoms with Crippen LogP contribution in [0.15, 0.2) is 30.3 Å². The lowest BCUT2D eigenvalue weighted by Crippen LogP contribution is -2.30. The number of tetrazole rings is 1. The molecule has 0 aliphatic carbocycles. The second kappa shape index (κ2) is 6.65. The van der Waals surface area contributed by atoms with Gasteiger partial charge in [-0.05, 0) is 29.0 Å². The topological polar surface area (TPSA) is 84.1 Å². The molecule has 106 valence electrons. The van der Waals surface area contributed by atoms with Gasteiger partial charge in [-0.25, -0.2) is 4.68 Å². The number of aryl methyl sites for hydroxylation is 1. The molecular formula is C13H17N5O2. The lowest BCUT2D eigenvalue weighted by atomic mass is 10.3. The highest BCUT2D eigenvalue weighted by Crippen LogP contribution is 2.15. The molecule has 0 aliphatic heterocycles. The molecule has 20 heavy (non-hydrogen) atoms. The van der Waals surface area contributed by atoms with Crippen LogP contribution in [-0.2, 0) is 17.9 Å². The van der Waals surface area contributed by atoms with Crippen molar-refractivity contribution in [1.82, 2.24) is 20.2 Å². The van der Waals surface area contributed by atoms with Crippen molar-refractivity contribution in [3.8, 4) is 0 Å². The molecule has 0 atom stereocenters. The first-order valence-corrected chi connectivity index (χ1v) is 6.47. The van der Waals surface area contributed by atoms with Gasteiger partial charge in [-0.1, -0.05) is 25.1 Å². The minimum atomic E-state index is -0.886. The Balaban J connectivity index is 2.19. The van der Waals surface area contributed by atoms with Gasteiger partial charge in [0.2, 0.25) is 0 Å². The zero-order valence-electron chi connectivity index (χ0n) is 11.3. The third-order valence-electron chi connectivity index (χ3n) is 2.82. The van der Waals surface area contributed by atoms with Crippen LogP contribution in [0.5, 0.6) is 0 Å². The van der Waals surface area contributed by atoms with Crippen LogP contribution >= 0.6 is 0 Å². The van der Waals surface area contributed by atoms with E-state index in [1.165, 1.54) is 0 Å². The van der Waals surface area contributed by atoms with E-state index >= 15 is 0 Å². The molecule has 1 aromatic heterocycles. The first-order chi connectivity index (χ1) is 9.70. The van der Waals surface area contributed by atoms with E-state index in [1.54, 1.807) is 9.58 Å². The molecule has 2 aromatic rings. The smallest absolute Gasteiger partial charge is 0.323 e. The van der Waals surface area contributed by atoms with Gasteiger partial charge in [-0.15, -0.1) is 5.10 Å². The van der Waals surface area contributed by atoms with Crippen molar-refractivity contribution >= 4 is 11.7 Å². The SMILES string of the molecule is CCCn1nnnc1CN(CC(=O)O)c1ccccc1. The molecule has 1 heterocycles. The van der Waals surface area contributed by atoms with E-state index in [1.807, 2.05) is 37.3 Å². The molecule has 0 unspecified atom stereocenters. The van der Waals surface area contributed by atoms with Gasteiger partial charge in [0.25, 0.3) is 0 Å². The zero-order chi connectivity index (χ0) is 14.4. The van der Waals surface area contributed by atoms with Crippen LogP contribution in [0.2, 0.25) is 0 Å². The molecule has 0 spiro atoms. The van der Waals surface area contributed by atoms with Gasteiger partial charge in [0.1, 0.15) is 6.54 Å². The molecule has 1 aromatic carbocycles. The quantitative estimate of drug-likeness (QED) is 0.816. The van der Waals surface area contributed by atoms with Gasteiger partial charge in [0.15, 0.2) is 5.82 Å². The average Bonchev–Trinajstić information content (AvgIpc) is 2.86. The van der Waals surface area contributed by atoms with Gasteiger partial charge in [0, 0.05) is 12.2 Å². The summed E-state index contributed by atoms with van der Waals surface area (Å²) in [6.07, 6.45) is 0.919. The van der Waals surface area contributed by atoms with E-state index in [4.69, 9.17) is 5.11 Å². The Labute approximate surface area is 116 Å². The average molecular weight is 275 g/mol. The molecule has 0 fully saturated rings. The monoisotopic (exact) mass is 275 g/mol. The number of para-hydroxylation sites is 1. The van der Waals surface area contributed by atoms with E-state index in [9.17, 15) is 4.79 Å². The largest absolute Gasteiger partial charge is 0.480 e. The Morgan fingerprint density at radius 1 is 1.35 bits per heavy atom. The predicted molar refractivity (Wildman–Crippen MR) is 73.2 cm³/mol. The zero-order valence-corrected chi connectivity index (χ0v) is 11.3. The van der Waals surface area contributed by atoms with Crippen LogP contribution in [-0.4, -0.2) is 37.8 Å². The minimum absolute atomic E-state index is 0.0942.